The highest BCUT2D eigenvalue weighted by molar-refractivity contribution is 6.31. The van der Waals surface area contributed by atoms with Gasteiger partial charge in [-0.3, -0.25) is 14.6 Å². The van der Waals surface area contributed by atoms with E-state index in [9.17, 15) is 0 Å². The van der Waals surface area contributed by atoms with Crippen molar-refractivity contribution in [2.24, 2.45) is 0 Å². The Bertz CT molecular complexity index is 537. The zero-order chi connectivity index (χ0) is 13.8. The SMILES string of the molecule is CCn1nc(C)c(Cl)c1CC(NC)c1cnccn1. The fourth-order valence-corrected chi connectivity index (χ4v) is 2.31. The van der Waals surface area contributed by atoms with Gasteiger partial charge in [-0.05, 0) is 20.9 Å². The lowest BCUT2D eigenvalue weighted by atomic mass is 10.1. The van der Waals surface area contributed by atoms with Crippen molar-refractivity contribution in [2.75, 3.05) is 7.05 Å². The second-order valence-corrected chi connectivity index (χ2v) is 4.72. The monoisotopic (exact) mass is 279 g/mol. The number of halogens is 1. The molecular weight excluding hydrogens is 262 g/mol. The molecule has 0 saturated carbocycles. The Morgan fingerprint density at radius 3 is 2.79 bits per heavy atom. The van der Waals surface area contributed by atoms with Gasteiger partial charge >= 0.3 is 0 Å². The number of rotatable bonds is 5. The first-order chi connectivity index (χ1) is 9.17. The summed E-state index contributed by atoms with van der Waals surface area (Å²) in [6.45, 7) is 4.79. The highest BCUT2D eigenvalue weighted by atomic mass is 35.5. The van der Waals surface area contributed by atoms with Crippen LogP contribution in [-0.2, 0) is 13.0 Å². The third-order valence-electron chi connectivity index (χ3n) is 3.14. The van der Waals surface area contributed by atoms with Crippen LogP contribution in [0.2, 0.25) is 5.02 Å². The molecule has 0 fully saturated rings. The van der Waals surface area contributed by atoms with Gasteiger partial charge in [-0.2, -0.15) is 5.10 Å². The molecule has 0 bridgehead atoms. The molecule has 19 heavy (non-hydrogen) atoms. The molecule has 0 amide bonds. The molecule has 0 spiro atoms. The third-order valence-corrected chi connectivity index (χ3v) is 3.63. The zero-order valence-corrected chi connectivity index (χ0v) is 12.1. The lowest BCUT2D eigenvalue weighted by Crippen LogP contribution is -2.21. The highest BCUT2D eigenvalue weighted by Crippen LogP contribution is 2.25. The normalized spacial score (nSPS) is 12.6. The predicted octanol–water partition coefficient (Wildman–Crippen LogP) is 2.16. The van der Waals surface area contributed by atoms with Gasteiger partial charge in [0, 0.05) is 31.6 Å². The largest absolute Gasteiger partial charge is 0.311 e. The van der Waals surface area contributed by atoms with Crippen molar-refractivity contribution in [1.29, 1.82) is 0 Å². The summed E-state index contributed by atoms with van der Waals surface area (Å²) in [5.74, 6) is 0. The Balaban J connectivity index is 2.29. The van der Waals surface area contributed by atoms with Gasteiger partial charge < -0.3 is 5.32 Å². The maximum absolute atomic E-state index is 6.33. The van der Waals surface area contributed by atoms with Crippen LogP contribution in [0, 0.1) is 6.92 Å². The minimum absolute atomic E-state index is 0.0765. The minimum atomic E-state index is 0.0765. The Hall–Kier alpha value is -1.46. The van der Waals surface area contributed by atoms with Crippen LogP contribution in [0.4, 0.5) is 0 Å². The topological polar surface area (TPSA) is 55.6 Å². The van der Waals surface area contributed by atoms with Crippen molar-refractivity contribution in [3.63, 3.8) is 0 Å². The zero-order valence-electron chi connectivity index (χ0n) is 11.4. The number of aromatic nitrogens is 4. The maximum Gasteiger partial charge on any atom is 0.0847 e. The summed E-state index contributed by atoms with van der Waals surface area (Å²) in [5.41, 5.74) is 2.81. The molecule has 6 heteroatoms. The first-order valence-corrected chi connectivity index (χ1v) is 6.70. The summed E-state index contributed by atoms with van der Waals surface area (Å²) in [5, 5.41) is 8.42. The van der Waals surface area contributed by atoms with E-state index in [1.807, 2.05) is 18.7 Å². The second-order valence-electron chi connectivity index (χ2n) is 4.34. The molecule has 0 aliphatic carbocycles. The van der Waals surface area contributed by atoms with Crippen LogP contribution in [0.25, 0.3) is 0 Å². The van der Waals surface area contributed by atoms with Crippen molar-refractivity contribution in [1.82, 2.24) is 25.1 Å². The summed E-state index contributed by atoms with van der Waals surface area (Å²) < 4.78 is 1.94. The van der Waals surface area contributed by atoms with E-state index in [-0.39, 0.29) is 6.04 Å². The molecule has 1 N–H and O–H groups in total. The van der Waals surface area contributed by atoms with E-state index < -0.39 is 0 Å². The van der Waals surface area contributed by atoms with Gasteiger partial charge in [0.1, 0.15) is 0 Å². The van der Waals surface area contributed by atoms with E-state index in [4.69, 9.17) is 11.6 Å². The molecule has 0 aliphatic heterocycles. The summed E-state index contributed by atoms with van der Waals surface area (Å²) in [7, 11) is 1.91. The smallest absolute Gasteiger partial charge is 0.0847 e. The summed E-state index contributed by atoms with van der Waals surface area (Å²) in [6.07, 6.45) is 5.88. The lowest BCUT2D eigenvalue weighted by Gasteiger charge is -2.16. The average Bonchev–Trinajstić information content (AvgIpc) is 2.72. The molecule has 0 aliphatic rings. The van der Waals surface area contributed by atoms with Crippen LogP contribution >= 0.6 is 11.6 Å². The molecule has 2 heterocycles. The van der Waals surface area contributed by atoms with Crippen molar-refractivity contribution in [2.45, 2.75) is 32.9 Å². The first-order valence-electron chi connectivity index (χ1n) is 6.32. The van der Waals surface area contributed by atoms with E-state index in [0.29, 0.717) is 0 Å². The van der Waals surface area contributed by atoms with Gasteiger partial charge in [-0.25, -0.2) is 0 Å². The Morgan fingerprint density at radius 1 is 1.42 bits per heavy atom. The van der Waals surface area contributed by atoms with Crippen LogP contribution in [0.5, 0.6) is 0 Å². The molecule has 2 rings (SSSR count). The minimum Gasteiger partial charge on any atom is -0.311 e. The van der Waals surface area contributed by atoms with Gasteiger partial charge in [0.2, 0.25) is 0 Å². The van der Waals surface area contributed by atoms with Gasteiger partial charge in [-0.1, -0.05) is 11.6 Å². The maximum atomic E-state index is 6.33. The van der Waals surface area contributed by atoms with Crippen LogP contribution in [0.1, 0.15) is 30.0 Å². The standard InChI is InChI=1S/C13H18ClN5/c1-4-19-12(13(14)9(2)18-19)7-10(15-3)11-8-16-5-6-17-11/h5-6,8,10,15H,4,7H2,1-3H3. The van der Waals surface area contributed by atoms with Crippen LogP contribution in [0.3, 0.4) is 0 Å². The Morgan fingerprint density at radius 2 is 2.21 bits per heavy atom. The number of nitrogens with one attached hydrogen (secondary N) is 1. The summed E-state index contributed by atoms with van der Waals surface area (Å²) in [6, 6.07) is 0.0765. The van der Waals surface area contributed by atoms with E-state index in [1.165, 1.54) is 0 Å². The van der Waals surface area contributed by atoms with Crippen LogP contribution in [0.15, 0.2) is 18.6 Å². The number of hydrogen-bond donors (Lipinski definition) is 1. The van der Waals surface area contributed by atoms with Crippen LogP contribution < -0.4 is 5.32 Å². The van der Waals surface area contributed by atoms with Crippen molar-refractivity contribution >= 4 is 11.6 Å². The van der Waals surface area contributed by atoms with E-state index >= 15 is 0 Å². The second kappa shape index (κ2) is 6.12. The quantitative estimate of drug-likeness (QED) is 0.911. The highest BCUT2D eigenvalue weighted by Gasteiger charge is 2.19. The Labute approximate surface area is 118 Å². The third kappa shape index (κ3) is 2.93. The molecule has 2 aromatic heterocycles. The molecule has 1 atom stereocenters. The summed E-state index contributed by atoms with van der Waals surface area (Å²) in [4.78, 5) is 8.45. The number of hydrogen-bond acceptors (Lipinski definition) is 4. The molecule has 0 radical (unpaired) electrons. The van der Waals surface area contributed by atoms with Gasteiger partial charge in [0.15, 0.2) is 0 Å². The number of aryl methyl sites for hydroxylation is 2. The molecule has 102 valence electrons. The molecule has 1 unspecified atom stereocenters. The molecular formula is C13H18ClN5. The van der Waals surface area contributed by atoms with E-state index in [1.54, 1.807) is 18.6 Å². The van der Waals surface area contributed by atoms with Gasteiger partial charge in [0.25, 0.3) is 0 Å². The lowest BCUT2D eigenvalue weighted by molar-refractivity contribution is 0.530. The molecule has 2 aromatic rings. The van der Waals surface area contributed by atoms with E-state index in [0.717, 1.165) is 35.1 Å². The molecule has 0 saturated heterocycles. The fraction of sp³-hybridized carbons (Fsp3) is 0.462. The van der Waals surface area contributed by atoms with Crippen molar-refractivity contribution in [3.8, 4) is 0 Å². The predicted molar refractivity (Wildman–Crippen MR) is 75.2 cm³/mol. The van der Waals surface area contributed by atoms with Crippen LogP contribution in [-0.4, -0.2) is 26.8 Å². The average molecular weight is 280 g/mol. The van der Waals surface area contributed by atoms with Gasteiger partial charge in [0.05, 0.1) is 28.1 Å². The molecule has 0 aromatic carbocycles. The van der Waals surface area contributed by atoms with Gasteiger partial charge in [-0.15, -0.1) is 0 Å². The Kier molecular flexibility index (Phi) is 4.50. The molecule has 5 nitrogen and oxygen atoms in total. The summed E-state index contributed by atoms with van der Waals surface area (Å²) >= 11 is 6.33. The van der Waals surface area contributed by atoms with E-state index in [2.05, 4.69) is 27.3 Å². The number of likely N-dealkylation sites (N-methyl/N-ethyl adjacent to an activating group) is 1. The van der Waals surface area contributed by atoms with Crippen molar-refractivity contribution < 1.29 is 0 Å². The van der Waals surface area contributed by atoms with Crippen molar-refractivity contribution in [3.05, 3.63) is 40.7 Å². The number of nitrogens with zero attached hydrogens (tertiary/aromatic N) is 4. The fourth-order valence-electron chi connectivity index (χ4n) is 2.10. The first kappa shape index (κ1) is 14.0.